The van der Waals surface area contributed by atoms with Crippen molar-refractivity contribution in [3.8, 4) is 0 Å². The lowest BCUT2D eigenvalue weighted by Gasteiger charge is -2.26. The van der Waals surface area contributed by atoms with E-state index in [-0.39, 0.29) is 35.6 Å². The van der Waals surface area contributed by atoms with Crippen molar-refractivity contribution in [2.24, 2.45) is 0 Å². The lowest BCUT2D eigenvalue weighted by Crippen LogP contribution is -2.38. The zero-order valence-electron chi connectivity index (χ0n) is 17.6. The average Bonchev–Trinajstić information content (AvgIpc) is 2.77. The Balaban J connectivity index is 1.57. The Morgan fingerprint density at radius 1 is 0.806 bits per heavy atom. The van der Waals surface area contributed by atoms with Crippen LogP contribution in [0, 0.1) is 0 Å². The summed E-state index contributed by atoms with van der Waals surface area (Å²) in [6, 6.07) is 21.9. The summed E-state index contributed by atoms with van der Waals surface area (Å²) < 4.78 is 0. The first-order chi connectivity index (χ1) is 15.0. The molecule has 3 aromatic rings. The first-order valence-electron chi connectivity index (χ1n) is 10.3. The molecule has 0 heterocycles. The summed E-state index contributed by atoms with van der Waals surface area (Å²) in [5, 5.41) is 2.87. The van der Waals surface area contributed by atoms with Gasteiger partial charge in [0.15, 0.2) is 11.6 Å². The molecule has 0 saturated heterocycles. The number of benzene rings is 3. The molecule has 0 spiro atoms. The fourth-order valence-electron chi connectivity index (χ4n) is 3.86. The van der Waals surface area contributed by atoms with Crippen LogP contribution < -0.4 is 5.32 Å². The summed E-state index contributed by atoms with van der Waals surface area (Å²) in [5.74, 6) is -0.669. The van der Waals surface area contributed by atoms with Crippen molar-refractivity contribution in [1.29, 1.82) is 0 Å². The van der Waals surface area contributed by atoms with Crippen LogP contribution in [0.15, 0.2) is 72.8 Å². The van der Waals surface area contributed by atoms with E-state index < -0.39 is 0 Å². The number of carbonyl (C=O) groups is 3. The van der Waals surface area contributed by atoms with Crippen molar-refractivity contribution < 1.29 is 14.4 Å². The highest BCUT2D eigenvalue weighted by atomic mass is 16.2. The molecule has 5 heteroatoms. The fraction of sp³-hybridized carbons (Fsp3) is 0.192. The van der Waals surface area contributed by atoms with Crippen LogP contribution in [0.25, 0.3) is 0 Å². The topological polar surface area (TPSA) is 66.5 Å². The van der Waals surface area contributed by atoms with Gasteiger partial charge in [-0.15, -0.1) is 0 Å². The van der Waals surface area contributed by atoms with Gasteiger partial charge in [0.05, 0.1) is 17.8 Å². The second kappa shape index (κ2) is 8.66. The molecule has 3 aromatic carbocycles. The number of amides is 1. The molecular weight excluding hydrogens is 388 g/mol. The largest absolute Gasteiger partial charge is 0.324 e. The Kier molecular flexibility index (Phi) is 5.78. The van der Waals surface area contributed by atoms with E-state index in [1.807, 2.05) is 44.2 Å². The molecule has 0 unspecified atom stereocenters. The van der Waals surface area contributed by atoms with Gasteiger partial charge in [0.25, 0.3) is 0 Å². The van der Waals surface area contributed by atoms with Gasteiger partial charge in [0.2, 0.25) is 5.91 Å². The molecule has 0 atom stereocenters. The van der Waals surface area contributed by atoms with Crippen molar-refractivity contribution in [2.45, 2.75) is 26.4 Å². The van der Waals surface area contributed by atoms with E-state index in [4.69, 9.17) is 0 Å². The number of carbonyl (C=O) groups excluding carboxylic acids is 3. The number of rotatable bonds is 6. The maximum atomic E-state index is 13.1. The highest BCUT2D eigenvalue weighted by Gasteiger charge is 2.31. The highest BCUT2D eigenvalue weighted by Crippen LogP contribution is 2.31. The Hall–Kier alpha value is -3.57. The Morgan fingerprint density at radius 2 is 1.42 bits per heavy atom. The van der Waals surface area contributed by atoms with Crippen molar-refractivity contribution in [3.63, 3.8) is 0 Å². The quantitative estimate of drug-likeness (QED) is 0.512. The third-order valence-electron chi connectivity index (χ3n) is 5.53. The molecule has 0 fully saturated rings. The van der Waals surface area contributed by atoms with Gasteiger partial charge in [-0.2, -0.15) is 0 Å². The summed E-state index contributed by atoms with van der Waals surface area (Å²) >= 11 is 0. The Labute approximate surface area is 181 Å². The second-order valence-corrected chi connectivity index (χ2v) is 7.96. The van der Waals surface area contributed by atoms with Gasteiger partial charge < -0.3 is 5.32 Å². The SMILES string of the molecule is CC(C)N(CC(=O)Nc1cccc2c1C(=O)c1ccccc1C2=O)Cc1ccccc1. The van der Waals surface area contributed by atoms with Crippen LogP contribution in [0.1, 0.15) is 51.3 Å². The van der Waals surface area contributed by atoms with E-state index in [1.165, 1.54) is 0 Å². The van der Waals surface area contributed by atoms with Crippen LogP contribution in [-0.4, -0.2) is 35.0 Å². The van der Waals surface area contributed by atoms with Gasteiger partial charge in [-0.1, -0.05) is 66.7 Å². The van der Waals surface area contributed by atoms with Crippen LogP contribution in [0.4, 0.5) is 5.69 Å². The number of hydrogen-bond donors (Lipinski definition) is 1. The van der Waals surface area contributed by atoms with Crippen molar-refractivity contribution >= 4 is 23.2 Å². The van der Waals surface area contributed by atoms with E-state index in [2.05, 4.69) is 10.2 Å². The molecule has 1 aliphatic carbocycles. The van der Waals surface area contributed by atoms with E-state index in [0.717, 1.165) is 5.56 Å². The molecule has 0 bridgehead atoms. The Morgan fingerprint density at radius 3 is 2.10 bits per heavy atom. The normalized spacial score (nSPS) is 12.6. The number of anilines is 1. The van der Waals surface area contributed by atoms with E-state index in [9.17, 15) is 14.4 Å². The molecule has 1 aliphatic rings. The highest BCUT2D eigenvalue weighted by molar-refractivity contribution is 6.30. The summed E-state index contributed by atoms with van der Waals surface area (Å²) in [6.45, 7) is 4.90. The molecule has 0 aliphatic heterocycles. The van der Waals surface area contributed by atoms with Gasteiger partial charge in [0.1, 0.15) is 0 Å². The minimum Gasteiger partial charge on any atom is -0.324 e. The maximum Gasteiger partial charge on any atom is 0.238 e. The van der Waals surface area contributed by atoms with Gasteiger partial charge in [0, 0.05) is 29.3 Å². The third-order valence-corrected chi connectivity index (χ3v) is 5.53. The summed E-state index contributed by atoms with van der Waals surface area (Å²) in [6.07, 6.45) is 0. The number of hydrogen-bond acceptors (Lipinski definition) is 4. The van der Waals surface area contributed by atoms with Gasteiger partial charge >= 0.3 is 0 Å². The predicted octanol–water partition coefficient (Wildman–Crippen LogP) is 4.31. The molecule has 156 valence electrons. The lowest BCUT2D eigenvalue weighted by molar-refractivity contribution is -0.117. The van der Waals surface area contributed by atoms with Gasteiger partial charge in [-0.3, -0.25) is 19.3 Å². The molecule has 0 aromatic heterocycles. The van der Waals surface area contributed by atoms with Crippen molar-refractivity contribution in [2.75, 3.05) is 11.9 Å². The van der Waals surface area contributed by atoms with E-state index in [0.29, 0.717) is 28.9 Å². The van der Waals surface area contributed by atoms with Crippen LogP contribution in [0.2, 0.25) is 0 Å². The molecule has 4 rings (SSSR count). The van der Waals surface area contributed by atoms with Crippen LogP contribution in [0.5, 0.6) is 0 Å². The Bertz CT molecular complexity index is 1150. The van der Waals surface area contributed by atoms with E-state index >= 15 is 0 Å². The zero-order chi connectivity index (χ0) is 22.0. The lowest BCUT2D eigenvalue weighted by atomic mass is 9.83. The summed E-state index contributed by atoms with van der Waals surface area (Å²) in [7, 11) is 0. The number of nitrogens with zero attached hydrogens (tertiary/aromatic N) is 1. The van der Waals surface area contributed by atoms with Crippen LogP contribution >= 0.6 is 0 Å². The van der Waals surface area contributed by atoms with Crippen molar-refractivity contribution in [1.82, 2.24) is 4.90 Å². The summed E-state index contributed by atoms with van der Waals surface area (Å²) in [4.78, 5) is 40.9. The van der Waals surface area contributed by atoms with Gasteiger partial charge in [-0.05, 0) is 25.5 Å². The van der Waals surface area contributed by atoms with E-state index in [1.54, 1.807) is 42.5 Å². The number of fused-ring (bicyclic) bond motifs is 2. The standard InChI is InChI=1S/C26H24N2O3/c1-17(2)28(15-18-9-4-3-5-10-18)16-23(29)27-22-14-8-13-21-24(22)26(31)20-12-7-6-11-19(20)25(21)30/h3-14,17H,15-16H2,1-2H3,(H,27,29). The summed E-state index contributed by atoms with van der Waals surface area (Å²) in [5.41, 5.74) is 2.86. The molecule has 1 N–H and O–H groups in total. The average molecular weight is 412 g/mol. The second-order valence-electron chi connectivity index (χ2n) is 7.96. The smallest absolute Gasteiger partial charge is 0.238 e. The minimum atomic E-state index is -0.244. The fourth-order valence-corrected chi connectivity index (χ4v) is 3.86. The molecule has 5 nitrogen and oxygen atoms in total. The van der Waals surface area contributed by atoms with Crippen LogP contribution in [0.3, 0.4) is 0 Å². The third kappa shape index (κ3) is 4.18. The van der Waals surface area contributed by atoms with Crippen LogP contribution in [-0.2, 0) is 11.3 Å². The molecular formula is C26H24N2O3. The first-order valence-corrected chi connectivity index (χ1v) is 10.3. The minimum absolute atomic E-state index is 0.158. The molecule has 31 heavy (non-hydrogen) atoms. The maximum absolute atomic E-state index is 13.1. The zero-order valence-corrected chi connectivity index (χ0v) is 17.6. The predicted molar refractivity (Wildman–Crippen MR) is 120 cm³/mol. The molecule has 1 amide bonds. The van der Waals surface area contributed by atoms with Gasteiger partial charge in [-0.25, -0.2) is 0 Å². The monoisotopic (exact) mass is 412 g/mol. The molecule has 0 saturated carbocycles. The van der Waals surface area contributed by atoms with Crippen molar-refractivity contribution in [3.05, 3.63) is 101 Å². The molecule has 0 radical (unpaired) electrons. The number of ketones is 2. The number of nitrogens with one attached hydrogen (secondary N) is 1. The first kappa shape index (κ1) is 20.7.